The van der Waals surface area contributed by atoms with Gasteiger partial charge in [0.1, 0.15) is 17.6 Å². The molecule has 2 unspecified atom stereocenters. The van der Waals surface area contributed by atoms with Crippen LogP contribution in [0.25, 0.3) is 0 Å². The zero-order valence-corrected chi connectivity index (χ0v) is 26.6. The van der Waals surface area contributed by atoms with Crippen LogP contribution in [0.1, 0.15) is 41.3 Å². The van der Waals surface area contributed by atoms with Gasteiger partial charge in [0.25, 0.3) is 10.2 Å². The number of urea groups is 1. The van der Waals surface area contributed by atoms with E-state index in [2.05, 4.69) is 4.72 Å². The molecule has 0 aromatic heterocycles. The zero-order valence-electron chi connectivity index (χ0n) is 24.3. The van der Waals surface area contributed by atoms with Gasteiger partial charge in [-0.2, -0.15) is 25.9 Å². The molecule has 5 rings (SSSR count). The number of amides is 2. The Hall–Kier alpha value is -3.36. The summed E-state index contributed by atoms with van der Waals surface area (Å²) in [6.07, 6.45) is -4.62. The van der Waals surface area contributed by atoms with Crippen LogP contribution in [0.4, 0.5) is 18.0 Å². The van der Waals surface area contributed by atoms with Gasteiger partial charge in [0, 0.05) is 43.3 Å². The fourth-order valence-electron chi connectivity index (χ4n) is 5.41. The van der Waals surface area contributed by atoms with Crippen molar-refractivity contribution in [3.8, 4) is 5.75 Å². The number of carbonyl (C=O) groups is 1. The molecular weight excluding hydrogens is 654 g/mol. The first kappa shape index (κ1) is 33.0. The third kappa shape index (κ3) is 6.92. The minimum absolute atomic E-state index is 0.0475. The number of amidine groups is 1. The summed E-state index contributed by atoms with van der Waals surface area (Å²) in [5, 5.41) is 0.967. The highest BCUT2D eigenvalue weighted by molar-refractivity contribution is 7.87. The molecule has 0 saturated carbocycles. The highest BCUT2D eigenvalue weighted by Crippen LogP contribution is 2.46. The number of aliphatic imine (C=N–C) groups is 1. The molecule has 3 aromatic carbocycles. The lowest BCUT2D eigenvalue weighted by molar-refractivity contribution is -0.137. The van der Waals surface area contributed by atoms with Crippen LogP contribution in [0.2, 0.25) is 10.0 Å². The predicted molar refractivity (Wildman–Crippen MR) is 166 cm³/mol. The van der Waals surface area contributed by atoms with Crippen LogP contribution < -0.4 is 9.46 Å². The summed E-state index contributed by atoms with van der Waals surface area (Å²) >= 11 is 12.4. The molecule has 240 valence electrons. The van der Waals surface area contributed by atoms with Crippen LogP contribution in [0.15, 0.2) is 71.7 Å². The van der Waals surface area contributed by atoms with Gasteiger partial charge in [-0.15, -0.1) is 0 Å². The SMILES string of the molecule is CCOc1cc(C(F)(F)F)ccc1C1=NC(c2ccc(Cl)cc2)C(c2ccc(Cl)cc2)N1C(=O)N1CCN(S(=O)(=O)NC)CC1. The highest BCUT2D eigenvalue weighted by Gasteiger charge is 2.45. The summed E-state index contributed by atoms with van der Waals surface area (Å²) in [4.78, 5) is 22.4. The van der Waals surface area contributed by atoms with E-state index in [4.69, 9.17) is 32.9 Å². The van der Waals surface area contributed by atoms with Gasteiger partial charge in [-0.25, -0.2) is 9.52 Å². The first-order valence-electron chi connectivity index (χ1n) is 14.0. The monoisotopic (exact) mass is 683 g/mol. The maximum atomic E-state index is 14.5. The topological polar surface area (TPSA) is 94.6 Å². The molecule has 0 radical (unpaired) electrons. The summed E-state index contributed by atoms with van der Waals surface area (Å²) in [5.74, 6) is 0.0303. The Morgan fingerprint density at radius 3 is 2.07 bits per heavy atom. The van der Waals surface area contributed by atoms with Crippen molar-refractivity contribution in [2.24, 2.45) is 4.99 Å². The van der Waals surface area contributed by atoms with E-state index in [0.29, 0.717) is 21.2 Å². The molecule has 0 spiro atoms. The van der Waals surface area contributed by atoms with Crippen LogP contribution in [0.3, 0.4) is 0 Å². The van der Waals surface area contributed by atoms with E-state index in [1.54, 1.807) is 55.5 Å². The number of nitrogens with one attached hydrogen (secondary N) is 1. The summed E-state index contributed by atoms with van der Waals surface area (Å²) in [6.45, 7) is 1.97. The number of carbonyl (C=O) groups excluding carboxylic acids is 1. The van der Waals surface area contributed by atoms with Crippen molar-refractivity contribution in [3.63, 3.8) is 0 Å². The Labute approximate surface area is 269 Å². The van der Waals surface area contributed by atoms with Crippen molar-refractivity contribution in [1.82, 2.24) is 18.8 Å². The van der Waals surface area contributed by atoms with Crippen LogP contribution in [0, 0.1) is 0 Å². The maximum Gasteiger partial charge on any atom is 0.416 e. The van der Waals surface area contributed by atoms with Gasteiger partial charge in [0.05, 0.1) is 23.8 Å². The van der Waals surface area contributed by atoms with E-state index in [9.17, 15) is 26.4 Å². The van der Waals surface area contributed by atoms with Crippen LogP contribution in [-0.2, 0) is 16.4 Å². The Balaban J connectivity index is 1.65. The number of benzene rings is 3. The minimum atomic E-state index is -4.62. The first-order valence-corrected chi connectivity index (χ1v) is 16.2. The maximum absolute atomic E-state index is 14.5. The van der Waals surface area contributed by atoms with E-state index in [0.717, 1.165) is 12.1 Å². The van der Waals surface area contributed by atoms with Gasteiger partial charge in [0.2, 0.25) is 0 Å². The van der Waals surface area contributed by atoms with E-state index in [1.807, 2.05) is 0 Å². The first-order chi connectivity index (χ1) is 21.3. The standard InChI is InChI=1S/C30H30Cl2F3N5O4S/c1-3-44-25-18-21(30(33,34)35)8-13-24(25)28-37-26(19-4-9-22(31)10-5-19)27(20-6-11-23(32)12-7-20)40(28)29(41)38-14-16-39(17-15-38)45(42,43)36-2/h4-13,18,26-27,36H,3,14-17H2,1-2H3. The molecule has 2 heterocycles. The third-order valence-corrected chi connectivity index (χ3v) is 9.72. The quantitative estimate of drug-likeness (QED) is 0.323. The molecule has 2 aliphatic rings. The van der Waals surface area contributed by atoms with E-state index < -0.39 is 40.1 Å². The highest BCUT2D eigenvalue weighted by atomic mass is 35.5. The van der Waals surface area contributed by atoms with Crippen molar-refractivity contribution in [2.75, 3.05) is 39.8 Å². The molecule has 0 bridgehead atoms. The molecule has 2 aliphatic heterocycles. The fraction of sp³-hybridized carbons (Fsp3) is 0.333. The van der Waals surface area contributed by atoms with Gasteiger partial charge >= 0.3 is 12.2 Å². The lowest BCUT2D eigenvalue weighted by Crippen LogP contribution is -2.56. The van der Waals surface area contributed by atoms with Gasteiger partial charge < -0.3 is 9.64 Å². The third-order valence-electron chi connectivity index (χ3n) is 7.65. The van der Waals surface area contributed by atoms with Crippen molar-refractivity contribution >= 4 is 45.3 Å². The average molecular weight is 685 g/mol. The number of rotatable bonds is 7. The molecule has 1 saturated heterocycles. The second kappa shape index (κ2) is 13.2. The summed E-state index contributed by atoms with van der Waals surface area (Å²) in [5.41, 5.74) is 0.677. The molecule has 1 fully saturated rings. The molecule has 15 heteroatoms. The summed E-state index contributed by atoms with van der Waals surface area (Å²) < 4.78 is 75.1. The summed E-state index contributed by atoms with van der Waals surface area (Å²) in [6, 6.07) is 15.0. The summed E-state index contributed by atoms with van der Waals surface area (Å²) in [7, 11) is -2.39. The Kier molecular flexibility index (Phi) is 9.66. The normalized spacial score (nSPS) is 19.5. The molecule has 9 nitrogen and oxygen atoms in total. The van der Waals surface area contributed by atoms with E-state index in [-0.39, 0.29) is 49.9 Å². The van der Waals surface area contributed by atoms with Gasteiger partial charge in [0.15, 0.2) is 0 Å². The van der Waals surface area contributed by atoms with E-state index in [1.165, 1.54) is 27.2 Å². The Bertz CT molecular complexity index is 1680. The molecular formula is C30H30Cl2F3N5O4S. The molecule has 1 N–H and O–H groups in total. The second-order valence-corrected chi connectivity index (χ2v) is 13.1. The molecule has 0 aliphatic carbocycles. The number of hydrogen-bond acceptors (Lipinski definition) is 5. The lowest BCUT2D eigenvalue weighted by Gasteiger charge is -2.38. The number of alkyl halides is 3. The number of halogens is 5. The molecule has 3 aromatic rings. The minimum Gasteiger partial charge on any atom is -0.493 e. The number of nitrogens with zero attached hydrogens (tertiary/aromatic N) is 4. The predicted octanol–water partition coefficient (Wildman–Crippen LogP) is 6.16. The van der Waals surface area contributed by atoms with E-state index >= 15 is 0 Å². The van der Waals surface area contributed by atoms with Crippen LogP contribution in [0.5, 0.6) is 5.75 Å². The van der Waals surface area contributed by atoms with Crippen molar-refractivity contribution in [1.29, 1.82) is 0 Å². The van der Waals surface area contributed by atoms with Gasteiger partial charge in [-0.3, -0.25) is 9.89 Å². The van der Waals surface area contributed by atoms with Crippen molar-refractivity contribution in [3.05, 3.63) is 99.0 Å². The number of ether oxygens (including phenoxy) is 1. The Morgan fingerprint density at radius 2 is 1.53 bits per heavy atom. The number of piperazine rings is 1. The van der Waals surface area contributed by atoms with Crippen molar-refractivity contribution in [2.45, 2.75) is 25.2 Å². The van der Waals surface area contributed by atoms with Crippen LogP contribution >= 0.6 is 23.2 Å². The Morgan fingerprint density at radius 1 is 0.956 bits per heavy atom. The zero-order chi connectivity index (χ0) is 32.5. The largest absolute Gasteiger partial charge is 0.493 e. The van der Waals surface area contributed by atoms with Crippen LogP contribution in [-0.4, -0.2) is 74.2 Å². The second-order valence-electron chi connectivity index (χ2n) is 10.3. The van der Waals surface area contributed by atoms with Gasteiger partial charge in [-0.1, -0.05) is 47.5 Å². The molecule has 2 amide bonds. The number of hydrogen-bond donors (Lipinski definition) is 1. The van der Waals surface area contributed by atoms with Crippen molar-refractivity contribution < 1.29 is 31.1 Å². The average Bonchev–Trinajstić information content (AvgIpc) is 3.41. The van der Waals surface area contributed by atoms with Gasteiger partial charge in [-0.05, 0) is 60.5 Å². The smallest absolute Gasteiger partial charge is 0.416 e. The lowest BCUT2D eigenvalue weighted by atomic mass is 9.93. The molecule has 2 atom stereocenters. The fourth-order valence-corrected chi connectivity index (χ4v) is 6.57. The molecule has 45 heavy (non-hydrogen) atoms.